The van der Waals surface area contributed by atoms with Crippen molar-refractivity contribution in [2.45, 2.75) is 117 Å². The molecule has 0 heterocycles. The van der Waals surface area contributed by atoms with Gasteiger partial charge < -0.3 is 15.4 Å². The van der Waals surface area contributed by atoms with Crippen LogP contribution in [0.25, 0.3) is 0 Å². The lowest BCUT2D eigenvalue weighted by Gasteiger charge is -2.63. The van der Waals surface area contributed by atoms with E-state index in [1.807, 2.05) is 0 Å². The van der Waals surface area contributed by atoms with Gasteiger partial charge >= 0.3 is 0 Å². The molecule has 4 nitrogen and oxygen atoms in total. The van der Waals surface area contributed by atoms with Crippen molar-refractivity contribution in [3.05, 3.63) is 0 Å². The second-order valence-corrected chi connectivity index (χ2v) is 12.8. The molecule has 0 aromatic heterocycles. The van der Waals surface area contributed by atoms with Gasteiger partial charge in [-0.3, -0.25) is 0 Å². The number of oxime groups is 1. The van der Waals surface area contributed by atoms with Crippen LogP contribution in [-0.2, 0) is 0 Å². The van der Waals surface area contributed by atoms with Gasteiger partial charge in [0.05, 0.1) is 11.8 Å². The molecule has 4 aliphatic rings. The van der Waals surface area contributed by atoms with Crippen molar-refractivity contribution < 1.29 is 15.4 Å². The quantitative estimate of drug-likeness (QED) is 0.366. The van der Waals surface area contributed by atoms with Crippen LogP contribution in [0, 0.1) is 46.3 Å². The molecule has 4 rings (SSSR count). The molecule has 0 amide bonds. The normalized spacial score (nSPS) is 49.5. The summed E-state index contributed by atoms with van der Waals surface area (Å²) in [6.07, 6.45) is 11.2. The van der Waals surface area contributed by atoms with Crippen LogP contribution >= 0.6 is 0 Å². The van der Waals surface area contributed by atoms with E-state index in [2.05, 4.69) is 39.8 Å². The van der Waals surface area contributed by atoms with E-state index in [0.29, 0.717) is 41.7 Å². The minimum atomic E-state index is -1.16. The predicted octanol–water partition coefficient (Wildman–Crippen LogP) is 6.02. The van der Waals surface area contributed by atoms with E-state index in [1.165, 1.54) is 44.9 Å². The summed E-state index contributed by atoms with van der Waals surface area (Å²) >= 11 is 0. The van der Waals surface area contributed by atoms with Crippen LogP contribution in [0.2, 0.25) is 0 Å². The highest BCUT2D eigenvalue weighted by Gasteiger charge is 2.67. The zero-order valence-electron chi connectivity index (χ0n) is 20.6. The van der Waals surface area contributed by atoms with Gasteiger partial charge in [0.2, 0.25) is 0 Å². The standard InChI is InChI=1S/C27H47NO3/c1-17(2)7-6-8-18(3)21-9-10-22-20-15-24(28-31)27(30)16-19(29)11-14-26(27,5)23(20)12-13-25(21,22)4/h17-23,29-31H,6-16H2,1-5H3/b28-24+/t18-,19+,20-,21+,22-,23-,25-,26-,27+/m1/s1. The molecular weight excluding hydrogens is 386 g/mol. The van der Waals surface area contributed by atoms with Crippen molar-refractivity contribution in [2.75, 3.05) is 0 Å². The van der Waals surface area contributed by atoms with Gasteiger partial charge in [-0.1, -0.05) is 59.0 Å². The third kappa shape index (κ3) is 3.59. The Bertz CT molecular complexity index is 692. The second-order valence-electron chi connectivity index (χ2n) is 12.8. The first-order valence-electron chi connectivity index (χ1n) is 13.2. The third-order valence-electron chi connectivity index (χ3n) is 11.0. The van der Waals surface area contributed by atoms with Crippen molar-refractivity contribution in [3.8, 4) is 0 Å². The SMILES string of the molecule is CC(C)CCC[C@@H](C)[C@@H]1CC[C@@H]2[C@H]3C/C(=N\O)[C@@]4(O)C[C@@H](O)CC[C@]4(C)[C@@H]3CC[C@@]21C. The lowest BCUT2D eigenvalue weighted by atomic mass is 9.42. The number of aliphatic hydroxyl groups is 2. The Labute approximate surface area is 189 Å². The largest absolute Gasteiger partial charge is 0.411 e. The van der Waals surface area contributed by atoms with Gasteiger partial charge in [0.15, 0.2) is 0 Å². The highest BCUT2D eigenvalue weighted by atomic mass is 16.4. The fourth-order valence-electron chi connectivity index (χ4n) is 9.19. The molecule has 0 aromatic carbocycles. The predicted molar refractivity (Wildman–Crippen MR) is 125 cm³/mol. The minimum Gasteiger partial charge on any atom is -0.411 e. The average molecular weight is 434 g/mol. The van der Waals surface area contributed by atoms with Crippen LogP contribution in [0.4, 0.5) is 0 Å². The molecule has 0 bridgehead atoms. The van der Waals surface area contributed by atoms with Crippen molar-refractivity contribution in [1.29, 1.82) is 0 Å². The molecule has 0 aliphatic heterocycles. The molecule has 0 aromatic rings. The van der Waals surface area contributed by atoms with Crippen LogP contribution in [0.3, 0.4) is 0 Å². The summed E-state index contributed by atoms with van der Waals surface area (Å²) in [5.74, 6) is 3.98. The third-order valence-corrected chi connectivity index (χ3v) is 11.0. The lowest BCUT2D eigenvalue weighted by molar-refractivity contribution is -0.170. The molecule has 4 aliphatic carbocycles. The Balaban J connectivity index is 1.57. The van der Waals surface area contributed by atoms with Gasteiger partial charge in [0.25, 0.3) is 0 Å². The average Bonchev–Trinajstić information content (AvgIpc) is 3.05. The molecule has 0 unspecified atom stereocenters. The van der Waals surface area contributed by atoms with Gasteiger partial charge in [-0.2, -0.15) is 0 Å². The minimum absolute atomic E-state index is 0.293. The summed E-state index contributed by atoms with van der Waals surface area (Å²) < 4.78 is 0. The molecular formula is C27H47NO3. The number of nitrogens with zero attached hydrogens (tertiary/aromatic N) is 1. The Morgan fingerprint density at radius 2 is 1.74 bits per heavy atom. The van der Waals surface area contributed by atoms with E-state index in [9.17, 15) is 15.4 Å². The van der Waals surface area contributed by atoms with E-state index in [1.54, 1.807) is 0 Å². The summed E-state index contributed by atoms with van der Waals surface area (Å²) in [6, 6.07) is 0. The van der Waals surface area contributed by atoms with Crippen molar-refractivity contribution in [1.82, 2.24) is 0 Å². The zero-order chi connectivity index (χ0) is 22.6. The maximum absolute atomic E-state index is 11.8. The van der Waals surface area contributed by atoms with E-state index >= 15 is 0 Å². The fourth-order valence-corrected chi connectivity index (χ4v) is 9.19. The second kappa shape index (κ2) is 8.31. The number of fused-ring (bicyclic) bond motifs is 5. The molecule has 4 heteroatoms. The monoisotopic (exact) mass is 433 g/mol. The highest BCUT2D eigenvalue weighted by Crippen LogP contribution is 2.68. The van der Waals surface area contributed by atoms with E-state index < -0.39 is 11.7 Å². The molecule has 178 valence electrons. The summed E-state index contributed by atoms with van der Waals surface area (Å²) in [4.78, 5) is 0. The Morgan fingerprint density at radius 1 is 1.00 bits per heavy atom. The number of aliphatic hydroxyl groups excluding tert-OH is 1. The molecule has 31 heavy (non-hydrogen) atoms. The summed E-state index contributed by atoms with van der Waals surface area (Å²) in [5, 5.41) is 35.7. The Hall–Kier alpha value is -0.610. The fraction of sp³-hybridized carbons (Fsp3) is 0.963. The van der Waals surface area contributed by atoms with Crippen LogP contribution < -0.4 is 0 Å². The molecule has 0 saturated heterocycles. The van der Waals surface area contributed by atoms with Crippen LogP contribution in [-0.4, -0.2) is 32.8 Å². The number of hydrogen-bond acceptors (Lipinski definition) is 4. The van der Waals surface area contributed by atoms with Gasteiger partial charge in [-0.25, -0.2) is 0 Å². The molecule has 0 radical (unpaired) electrons. The highest BCUT2D eigenvalue weighted by molar-refractivity contribution is 5.94. The van der Waals surface area contributed by atoms with Crippen molar-refractivity contribution in [3.63, 3.8) is 0 Å². The molecule has 4 fully saturated rings. The molecule has 9 atom stereocenters. The molecule has 0 spiro atoms. The topological polar surface area (TPSA) is 73.1 Å². The molecule has 3 N–H and O–H groups in total. The van der Waals surface area contributed by atoms with Crippen LogP contribution in [0.1, 0.15) is 105 Å². The van der Waals surface area contributed by atoms with Crippen LogP contribution in [0.5, 0.6) is 0 Å². The first-order chi connectivity index (χ1) is 14.6. The van der Waals surface area contributed by atoms with E-state index in [-0.39, 0.29) is 5.41 Å². The smallest absolute Gasteiger partial charge is 0.114 e. The van der Waals surface area contributed by atoms with Crippen LogP contribution in [0.15, 0.2) is 5.16 Å². The number of hydrogen-bond donors (Lipinski definition) is 3. The Kier molecular flexibility index (Phi) is 6.31. The zero-order valence-corrected chi connectivity index (χ0v) is 20.6. The maximum atomic E-state index is 11.8. The summed E-state index contributed by atoms with van der Waals surface area (Å²) in [5.41, 5.74) is -0.526. The van der Waals surface area contributed by atoms with Gasteiger partial charge in [0.1, 0.15) is 5.60 Å². The lowest BCUT2D eigenvalue weighted by Crippen LogP contribution is -2.67. The number of rotatable bonds is 5. The van der Waals surface area contributed by atoms with Gasteiger partial charge in [-0.15, -0.1) is 0 Å². The van der Waals surface area contributed by atoms with E-state index in [0.717, 1.165) is 30.6 Å². The van der Waals surface area contributed by atoms with Gasteiger partial charge in [-0.05, 0) is 85.9 Å². The summed E-state index contributed by atoms with van der Waals surface area (Å²) in [6.45, 7) is 11.9. The van der Waals surface area contributed by atoms with E-state index in [4.69, 9.17) is 0 Å². The molecule has 4 saturated carbocycles. The van der Waals surface area contributed by atoms with Crippen molar-refractivity contribution in [2.24, 2.45) is 51.5 Å². The Morgan fingerprint density at radius 3 is 2.42 bits per heavy atom. The first kappa shape index (κ1) is 23.5. The first-order valence-corrected chi connectivity index (χ1v) is 13.2. The van der Waals surface area contributed by atoms with Crippen molar-refractivity contribution >= 4 is 5.71 Å². The van der Waals surface area contributed by atoms with Gasteiger partial charge in [0, 0.05) is 11.8 Å². The maximum Gasteiger partial charge on any atom is 0.114 e. The summed E-state index contributed by atoms with van der Waals surface area (Å²) in [7, 11) is 0.